The quantitative estimate of drug-likeness (QED) is 0.169. The Kier molecular flexibility index (Phi) is 16.5. The van der Waals surface area contributed by atoms with Crippen molar-refractivity contribution in [3.8, 4) is 0 Å². The average Bonchev–Trinajstić information content (AvgIpc) is 2.76. The summed E-state index contributed by atoms with van der Waals surface area (Å²) in [5.41, 5.74) is 0.733. The highest BCUT2D eigenvalue weighted by atomic mass is 19.1. The summed E-state index contributed by atoms with van der Waals surface area (Å²) in [6.07, 6.45) is 16.1. The van der Waals surface area contributed by atoms with Gasteiger partial charge in [-0.25, -0.2) is 4.39 Å². The molecule has 1 rings (SSSR count). The van der Waals surface area contributed by atoms with E-state index in [1.165, 1.54) is 76.3 Å². The molecule has 0 bridgehead atoms. The summed E-state index contributed by atoms with van der Waals surface area (Å²) in [6, 6.07) is 5.82. The Balaban J connectivity index is 1.86. The normalized spacial score (nSPS) is 10.8. The molecule has 176 valence electrons. The fourth-order valence-electron chi connectivity index (χ4n) is 3.39. The molecule has 0 saturated carbocycles. The number of unbranched alkanes of at least 4 members (excludes halogenated alkanes) is 11. The van der Waals surface area contributed by atoms with E-state index in [9.17, 15) is 14.0 Å². The molecule has 4 nitrogen and oxygen atoms in total. The smallest absolute Gasteiger partial charge is 0.306 e. The number of halogens is 1. The van der Waals surface area contributed by atoms with E-state index >= 15 is 0 Å². The highest BCUT2D eigenvalue weighted by molar-refractivity contribution is 5.72. The van der Waals surface area contributed by atoms with Crippen molar-refractivity contribution in [3.05, 3.63) is 35.6 Å². The first-order valence-corrected chi connectivity index (χ1v) is 12.2. The molecule has 0 fully saturated rings. The Morgan fingerprint density at radius 2 is 1.16 bits per heavy atom. The largest absolute Gasteiger partial charge is 0.466 e. The molecule has 0 aliphatic carbocycles. The van der Waals surface area contributed by atoms with Crippen LogP contribution >= 0.6 is 0 Å². The lowest BCUT2D eigenvalue weighted by atomic mass is 10.1. The van der Waals surface area contributed by atoms with E-state index in [4.69, 9.17) is 9.47 Å². The topological polar surface area (TPSA) is 52.6 Å². The molecule has 0 aliphatic heterocycles. The van der Waals surface area contributed by atoms with Gasteiger partial charge in [-0.15, -0.1) is 0 Å². The summed E-state index contributed by atoms with van der Waals surface area (Å²) in [7, 11) is 0. The standard InChI is InChI=1S/C26H41FO4/c1-2-3-4-5-6-7-8-9-10-11-12-13-21-30-25(28)15-14-16-26(29)31-22-23-17-19-24(27)20-18-23/h17-20H,2-16,21-22H2,1H3. The Labute approximate surface area is 187 Å². The van der Waals surface area contributed by atoms with Gasteiger partial charge in [-0.05, 0) is 30.5 Å². The second kappa shape index (κ2) is 18.8. The fourth-order valence-corrected chi connectivity index (χ4v) is 3.39. The zero-order valence-corrected chi connectivity index (χ0v) is 19.3. The molecule has 0 saturated heterocycles. The maximum absolute atomic E-state index is 12.8. The third-order valence-corrected chi connectivity index (χ3v) is 5.34. The first kappa shape index (κ1) is 27.1. The summed E-state index contributed by atoms with van der Waals surface area (Å²) >= 11 is 0. The van der Waals surface area contributed by atoms with Crippen molar-refractivity contribution in [1.29, 1.82) is 0 Å². The molecule has 5 heteroatoms. The van der Waals surface area contributed by atoms with Crippen LogP contribution in [0.15, 0.2) is 24.3 Å². The van der Waals surface area contributed by atoms with Crippen LogP contribution < -0.4 is 0 Å². The van der Waals surface area contributed by atoms with Crippen LogP contribution in [0, 0.1) is 5.82 Å². The van der Waals surface area contributed by atoms with Gasteiger partial charge in [0, 0.05) is 12.8 Å². The number of carbonyl (C=O) groups is 2. The van der Waals surface area contributed by atoms with E-state index in [2.05, 4.69) is 6.92 Å². The predicted molar refractivity (Wildman–Crippen MR) is 122 cm³/mol. The van der Waals surface area contributed by atoms with Crippen LogP contribution in [0.25, 0.3) is 0 Å². The molecular weight excluding hydrogens is 395 g/mol. The van der Waals surface area contributed by atoms with Crippen LogP contribution in [0.5, 0.6) is 0 Å². The summed E-state index contributed by atoms with van der Waals surface area (Å²) in [5, 5.41) is 0. The van der Waals surface area contributed by atoms with Gasteiger partial charge in [-0.1, -0.05) is 89.7 Å². The molecule has 1 aromatic rings. The van der Waals surface area contributed by atoms with Crippen LogP contribution in [0.2, 0.25) is 0 Å². The average molecular weight is 437 g/mol. The van der Waals surface area contributed by atoms with Crippen molar-refractivity contribution in [2.75, 3.05) is 6.61 Å². The number of hydrogen-bond acceptors (Lipinski definition) is 4. The molecule has 0 atom stereocenters. The monoisotopic (exact) mass is 436 g/mol. The minimum atomic E-state index is -0.363. The molecule has 0 unspecified atom stereocenters. The Morgan fingerprint density at radius 1 is 0.677 bits per heavy atom. The van der Waals surface area contributed by atoms with Crippen LogP contribution in [0.1, 0.15) is 109 Å². The fraction of sp³-hybridized carbons (Fsp3) is 0.692. The highest BCUT2D eigenvalue weighted by Crippen LogP contribution is 2.12. The number of esters is 2. The predicted octanol–water partition coefficient (Wildman–Crippen LogP) is 7.28. The van der Waals surface area contributed by atoms with Crippen molar-refractivity contribution in [2.24, 2.45) is 0 Å². The summed E-state index contributed by atoms with van der Waals surface area (Å²) in [6.45, 7) is 2.83. The molecular formula is C26H41FO4. The first-order chi connectivity index (χ1) is 15.1. The van der Waals surface area contributed by atoms with Crippen LogP contribution in [-0.4, -0.2) is 18.5 Å². The Hall–Kier alpha value is -1.91. The van der Waals surface area contributed by atoms with Crippen molar-refractivity contribution >= 4 is 11.9 Å². The van der Waals surface area contributed by atoms with Crippen molar-refractivity contribution < 1.29 is 23.5 Å². The van der Waals surface area contributed by atoms with Gasteiger partial charge in [0.25, 0.3) is 0 Å². The van der Waals surface area contributed by atoms with Gasteiger partial charge in [-0.3, -0.25) is 9.59 Å². The summed E-state index contributed by atoms with van der Waals surface area (Å²) < 4.78 is 23.2. The molecule has 0 aromatic heterocycles. The third kappa shape index (κ3) is 16.5. The highest BCUT2D eigenvalue weighted by Gasteiger charge is 2.08. The van der Waals surface area contributed by atoms with Gasteiger partial charge in [0.15, 0.2) is 0 Å². The molecule has 0 heterocycles. The lowest BCUT2D eigenvalue weighted by Gasteiger charge is -2.06. The zero-order chi connectivity index (χ0) is 22.6. The molecule has 0 radical (unpaired) electrons. The number of benzene rings is 1. The van der Waals surface area contributed by atoms with E-state index in [-0.39, 0.29) is 37.2 Å². The zero-order valence-electron chi connectivity index (χ0n) is 19.3. The SMILES string of the molecule is CCCCCCCCCCCCCCOC(=O)CCCC(=O)OCc1ccc(F)cc1. The minimum absolute atomic E-state index is 0.114. The Bertz CT molecular complexity index is 586. The maximum Gasteiger partial charge on any atom is 0.306 e. The molecule has 0 N–H and O–H groups in total. The molecule has 0 aliphatic rings. The van der Waals surface area contributed by atoms with E-state index in [0.29, 0.717) is 13.0 Å². The van der Waals surface area contributed by atoms with Crippen LogP contribution in [-0.2, 0) is 25.7 Å². The third-order valence-electron chi connectivity index (χ3n) is 5.34. The van der Waals surface area contributed by atoms with E-state index in [1.807, 2.05) is 0 Å². The van der Waals surface area contributed by atoms with Crippen LogP contribution in [0.4, 0.5) is 4.39 Å². The second-order valence-electron chi connectivity index (χ2n) is 8.25. The summed E-state index contributed by atoms with van der Waals surface area (Å²) in [4.78, 5) is 23.4. The van der Waals surface area contributed by atoms with E-state index in [0.717, 1.165) is 18.4 Å². The first-order valence-electron chi connectivity index (χ1n) is 12.2. The number of rotatable bonds is 19. The minimum Gasteiger partial charge on any atom is -0.466 e. The Morgan fingerprint density at radius 3 is 1.71 bits per heavy atom. The molecule has 0 amide bonds. The lowest BCUT2D eigenvalue weighted by Crippen LogP contribution is -2.09. The molecule has 0 spiro atoms. The van der Waals surface area contributed by atoms with Crippen molar-refractivity contribution in [1.82, 2.24) is 0 Å². The van der Waals surface area contributed by atoms with Gasteiger partial charge < -0.3 is 9.47 Å². The van der Waals surface area contributed by atoms with E-state index in [1.54, 1.807) is 12.1 Å². The van der Waals surface area contributed by atoms with Gasteiger partial charge in [-0.2, -0.15) is 0 Å². The maximum atomic E-state index is 12.8. The molecule has 1 aromatic carbocycles. The van der Waals surface area contributed by atoms with Gasteiger partial charge in [0.05, 0.1) is 6.61 Å². The van der Waals surface area contributed by atoms with Gasteiger partial charge in [0.2, 0.25) is 0 Å². The summed E-state index contributed by atoms with van der Waals surface area (Å²) in [5.74, 6) is -0.940. The van der Waals surface area contributed by atoms with Gasteiger partial charge >= 0.3 is 11.9 Å². The second-order valence-corrected chi connectivity index (χ2v) is 8.25. The van der Waals surface area contributed by atoms with E-state index < -0.39 is 0 Å². The number of ether oxygens (including phenoxy) is 2. The lowest BCUT2D eigenvalue weighted by molar-refractivity contribution is -0.146. The number of carbonyl (C=O) groups excluding carboxylic acids is 2. The van der Waals surface area contributed by atoms with Crippen molar-refractivity contribution in [3.63, 3.8) is 0 Å². The molecule has 31 heavy (non-hydrogen) atoms. The van der Waals surface area contributed by atoms with Crippen molar-refractivity contribution in [2.45, 2.75) is 110 Å². The van der Waals surface area contributed by atoms with Gasteiger partial charge in [0.1, 0.15) is 12.4 Å². The number of hydrogen-bond donors (Lipinski definition) is 0. The van der Waals surface area contributed by atoms with Crippen LogP contribution in [0.3, 0.4) is 0 Å².